The maximum atomic E-state index is 6.19. The highest BCUT2D eigenvalue weighted by molar-refractivity contribution is 6.33. The van der Waals surface area contributed by atoms with Gasteiger partial charge < -0.3 is 4.98 Å². The van der Waals surface area contributed by atoms with Gasteiger partial charge in [-0.15, -0.1) is 0 Å². The molecule has 1 heterocycles. The molecule has 0 spiro atoms. The summed E-state index contributed by atoms with van der Waals surface area (Å²) >= 11 is 6.19. The SMILES string of the molecule is Clc1ccccc1-c1cnc(CCc2ccccc2)[nH]1. The van der Waals surface area contributed by atoms with E-state index in [1.165, 1.54) is 5.56 Å². The molecule has 0 saturated carbocycles. The van der Waals surface area contributed by atoms with Crippen molar-refractivity contribution in [3.05, 3.63) is 77.2 Å². The van der Waals surface area contributed by atoms with E-state index in [1.54, 1.807) is 0 Å². The smallest absolute Gasteiger partial charge is 0.106 e. The molecule has 2 nitrogen and oxygen atoms in total. The fourth-order valence-corrected chi connectivity index (χ4v) is 2.45. The summed E-state index contributed by atoms with van der Waals surface area (Å²) < 4.78 is 0. The Morgan fingerprint density at radius 1 is 0.900 bits per heavy atom. The lowest BCUT2D eigenvalue weighted by Crippen LogP contribution is -1.93. The third-order valence-electron chi connectivity index (χ3n) is 3.29. The van der Waals surface area contributed by atoms with Gasteiger partial charge in [-0.3, -0.25) is 0 Å². The fourth-order valence-electron chi connectivity index (χ4n) is 2.21. The maximum Gasteiger partial charge on any atom is 0.106 e. The first-order valence-corrected chi connectivity index (χ1v) is 7.03. The van der Waals surface area contributed by atoms with Crippen LogP contribution in [-0.2, 0) is 12.8 Å². The molecule has 3 heteroatoms. The van der Waals surface area contributed by atoms with Gasteiger partial charge in [-0.1, -0.05) is 60.1 Å². The van der Waals surface area contributed by atoms with Crippen LogP contribution in [-0.4, -0.2) is 9.97 Å². The van der Waals surface area contributed by atoms with Gasteiger partial charge in [-0.25, -0.2) is 4.98 Å². The third-order valence-corrected chi connectivity index (χ3v) is 3.62. The van der Waals surface area contributed by atoms with Gasteiger partial charge >= 0.3 is 0 Å². The van der Waals surface area contributed by atoms with Gasteiger partial charge in [0.05, 0.1) is 11.9 Å². The van der Waals surface area contributed by atoms with E-state index in [2.05, 4.69) is 34.2 Å². The number of aryl methyl sites for hydroxylation is 2. The van der Waals surface area contributed by atoms with Gasteiger partial charge in [0.15, 0.2) is 0 Å². The van der Waals surface area contributed by atoms with Crippen molar-refractivity contribution in [2.24, 2.45) is 0 Å². The Bertz CT molecular complexity index is 689. The zero-order valence-electron chi connectivity index (χ0n) is 11.0. The van der Waals surface area contributed by atoms with Crippen LogP contribution in [0.1, 0.15) is 11.4 Å². The largest absolute Gasteiger partial charge is 0.342 e. The molecule has 20 heavy (non-hydrogen) atoms. The Morgan fingerprint density at radius 2 is 1.65 bits per heavy atom. The molecular formula is C17H15ClN2. The first-order chi connectivity index (χ1) is 9.83. The topological polar surface area (TPSA) is 28.7 Å². The predicted octanol–water partition coefficient (Wildman–Crippen LogP) is 4.52. The quantitative estimate of drug-likeness (QED) is 0.749. The van der Waals surface area contributed by atoms with Gasteiger partial charge in [0.25, 0.3) is 0 Å². The van der Waals surface area contributed by atoms with Gasteiger partial charge in [0.2, 0.25) is 0 Å². The first-order valence-electron chi connectivity index (χ1n) is 6.65. The molecule has 0 unspecified atom stereocenters. The molecule has 0 fully saturated rings. The van der Waals surface area contributed by atoms with Crippen LogP contribution >= 0.6 is 11.6 Å². The average molecular weight is 283 g/mol. The minimum Gasteiger partial charge on any atom is -0.342 e. The van der Waals surface area contributed by atoms with Crippen LogP contribution < -0.4 is 0 Å². The molecule has 3 rings (SSSR count). The van der Waals surface area contributed by atoms with E-state index < -0.39 is 0 Å². The lowest BCUT2D eigenvalue weighted by molar-refractivity contribution is 0.885. The maximum absolute atomic E-state index is 6.19. The van der Waals surface area contributed by atoms with Crippen LogP contribution in [0.4, 0.5) is 0 Å². The summed E-state index contributed by atoms with van der Waals surface area (Å²) in [6, 6.07) is 18.2. The molecule has 0 aliphatic rings. The van der Waals surface area contributed by atoms with Crippen molar-refractivity contribution in [3.63, 3.8) is 0 Å². The Morgan fingerprint density at radius 3 is 2.45 bits per heavy atom. The monoisotopic (exact) mass is 282 g/mol. The zero-order chi connectivity index (χ0) is 13.8. The Kier molecular flexibility index (Phi) is 3.84. The predicted molar refractivity (Wildman–Crippen MR) is 82.9 cm³/mol. The number of imidazole rings is 1. The highest BCUT2D eigenvalue weighted by atomic mass is 35.5. The van der Waals surface area contributed by atoms with Crippen LogP contribution in [0.15, 0.2) is 60.8 Å². The Balaban J connectivity index is 1.73. The number of aromatic nitrogens is 2. The van der Waals surface area contributed by atoms with Crippen LogP contribution in [0, 0.1) is 0 Å². The normalized spacial score (nSPS) is 10.7. The summed E-state index contributed by atoms with van der Waals surface area (Å²) in [5.74, 6) is 0.990. The molecular weight excluding hydrogens is 268 g/mol. The zero-order valence-corrected chi connectivity index (χ0v) is 11.8. The van der Waals surface area contributed by atoms with E-state index in [0.717, 1.165) is 34.9 Å². The van der Waals surface area contributed by atoms with E-state index in [4.69, 9.17) is 11.6 Å². The van der Waals surface area contributed by atoms with Crippen LogP contribution in [0.2, 0.25) is 5.02 Å². The number of halogens is 1. The summed E-state index contributed by atoms with van der Waals surface area (Å²) in [5, 5.41) is 0.741. The summed E-state index contributed by atoms with van der Waals surface area (Å²) in [7, 11) is 0. The molecule has 2 aromatic carbocycles. The molecule has 0 aliphatic carbocycles. The molecule has 0 saturated heterocycles. The molecule has 1 aromatic heterocycles. The van der Waals surface area contributed by atoms with Crippen LogP contribution in [0.3, 0.4) is 0 Å². The number of aromatic amines is 1. The number of hydrogen-bond donors (Lipinski definition) is 1. The molecule has 1 N–H and O–H groups in total. The Hall–Kier alpha value is -2.06. The lowest BCUT2D eigenvalue weighted by Gasteiger charge is -2.01. The molecule has 0 amide bonds. The van der Waals surface area contributed by atoms with Gasteiger partial charge in [-0.2, -0.15) is 0 Å². The summed E-state index contributed by atoms with van der Waals surface area (Å²) in [4.78, 5) is 7.78. The minimum atomic E-state index is 0.741. The van der Waals surface area contributed by atoms with Crippen molar-refractivity contribution in [2.75, 3.05) is 0 Å². The number of H-pyrrole nitrogens is 1. The summed E-state index contributed by atoms with van der Waals surface area (Å²) in [6.45, 7) is 0. The molecule has 0 radical (unpaired) electrons. The third kappa shape index (κ3) is 2.91. The van der Waals surface area contributed by atoms with E-state index in [-0.39, 0.29) is 0 Å². The molecule has 0 aliphatic heterocycles. The highest BCUT2D eigenvalue weighted by Crippen LogP contribution is 2.25. The standard InChI is InChI=1S/C17H15ClN2/c18-15-9-5-4-8-14(15)16-12-19-17(20-16)11-10-13-6-2-1-3-7-13/h1-9,12H,10-11H2,(H,19,20). The minimum absolute atomic E-state index is 0.741. The van der Waals surface area contributed by atoms with Crippen LogP contribution in [0.25, 0.3) is 11.3 Å². The number of nitrogens with zero attached hydrogens (tertiary/aromatic N) is 1. The summed E-state index contributed by atoms with van der Waals surface area (Å²) in [5.41, 5.74) is 3.29. The second-order valence-electron chi connectivity index (χ2n) is 4.71. The second kappa shape index (κ2) is 5.93. The number of nitrogens with one attached hydrogen (secondary N) is 1. The first kappa shape index (κ1) is 12.9. The van der Waals surface area contributed by atoms with Crippen LogP contribution in [0.5, 0.6) is 0 Å². The summed E-state index contributed by atoms with van der Waals surface area (Å²) in [6.07, 6.45) is 3.73. The molecule has 0 bridgehead atoms. The molecule has 0 atom stereocenters. The van der Waals surface area contributed by atoms with Gasteiger partial charge in [0, 0.05) is 17.0 Å². The van der Waals surface area contributed by atoms with Crippen molar-refractivity contribution in [2.45, 2.75) is 12.8 Å². The lowest BCUT2D eigenvalue weighted by atomic mass is 10.1. The van der Waals surface area contributed by atoms with Crippen molar-refractivity contribution >= 4 is 11.6 Å². The second-order valence-corrected chi connectivity index (χ2v) is 5.12. The van der Waals surface area contributed by atoms with Crippen molar-refractivity contribution in [3.8, 4) is 11.3 Å². The highest BCUT2D eigenvalue weighted by Gasteiger charge is 2.06. The van der Waals surface area contributed by atoms with Crippen molar-refractivity contribution in [1.29, 1.82) is 0 Å². The van der Waals surface area contributed by atoms with E-state index in [1.807, 2.05) is 36.5 Å². The number of hydrogen-bond acceptors (Lipinski definition) is 1. The van der Waals surface area contributed by atoms with Gasteiger partial charge in [-0.05, 0) is 18.1 Å². The van der Waals surface area contributed by atoms with E-state index in [9.17, 15) is 0 Å². The number of benzene rings is 2. The van der Waals surface area contributed by atoms with E-state index in [0.29, 0.717) is 0 Å². The van der Waals surface area contributed by atoms with Crippen molar-refractivity contribution in [1.82, 2.24) is 9.97 Å². The fraction of sp³-hybridized carbons (Fsp3) is 0.118. The number of rotatable bonds is 4. The van der Waals surface area contributed by atoms with Gasteiger partial charge in [0.1, 0.15) is 5.82 Å². The molecule has 100 valence electrons. The van der Waals surface area contributed by atoms with Crippen molar-refractivity contribution < 1.29 is 0 Å². The molecule has 3 aromatic rings. The Labute approximate surface area is 123 Å². The average Bonchev–Trinajstić information content (AvgIpc) is 2.95. The van der Waals surface area contributed by atoms with E-state index >= 15 is 0 Å².